The van der Waals surface area contributed by atoms with Gasteiger partial charge in [0.1, 0.15) is 11.8 Å². The molecule has 2 fully saturated rings. The number of nitrogens with zero attached hydrogens (tertiary/aromatic N) is 2. The van der Waals surface area contributed by atoms with Crippen molar-refractivity contribution in [3.05, 3.63) is 29.8 Å². The predicted octanol–water partition coefficient (Wildman–Crippen LogP) is 2.18. The van der Waals surface area contributed by atoms with Crippen LogP contribution in [0.25, 0.3) is 0 Å². The number of hydrogen-bond donors (Lipinski definition) is 2. The zero-order valence-electron chi connectivity index (χ0n) is 16.2. The summed E-state index contributed by atoms with van der Waals surface area (Å²) in [6, 6.07) is 8.10. The lowest BCUT2D eigenvalue weighted by Gasteiger charge is -2.30. The van der Waals surface area contributed by atoms with Crippen molar-refractivity contribution < 1.29 is 19.4 Å². The van der Waals surface area contributed by atoms with E-state index in [1.807, 2.05) is 0 Å². The number of hydrogen-bond acceptors (Lipinski definition) is 5. The second-order valence-corrected chi connectivity index (χ2v) is 7.51. The van der Waals surface area contributed by atoms with E-state index in [1.54, 1.807) is 17.0 Å². The van der Waals surface area contributed by atoms with E-state index in [2.05, 4.69) is 17.3 Å². The highest BCUT2D eigenvalue weighted by molar-refractivity contribution is 5.87. The summed E-state index contributed by atoms with van der Waals surface area (Å²) < 4.78 is 5.95. The maximum absolute atomic E-state index is 12.6. The highest BCUT2D eigenvalue weighted by Gasteiger charge is 2.36. The quantitative estimate of drug-likeness (QED) is 0.716. The van der Waals surface area contributed by atoms with Crippen molar-refractivity contribution in [3.8, 4) is 24.2 Å². The zero-order valence-corrected chi connectivity index (χ0v) is 16.2. The number of benzene rings is 1. The van der Waals surface area contributed by atoms with E-state index in [-0.39, 0.29) is 36.2 Å². The van der Waals surface area contributed by atoms with Crippen molar-refractivity contribution in [2.24, 2.45) is 0 Å². The molecule has 29 heavy (non-hydrogen) atoms. The van der Waals surface area contributed by atoms with Gasteiger partial charge in [-0.25, -0.2) is 4.79 Å². The lowest BCUT2D eigenvalue weighted by molar-refractivity contribution is -0.131. The van der Waals surface area contributed by atoms with Crippen LogP contribution in [0.4, 0.5) is 0 Å². The summed E-state index contributed by atoms with van der Waals surface area (Å²) in [6.45, 7) is 0.184. The minimum Gasteiger partial charge on any atom is -0.490 e. The van der Waals surface area contributed by atoms with Crippen LogP contribution < -0.4 is 10.1 Å². The molecule has 0 aromatic heterocycles. The Bertz CT molecular complexity index is 794. The van der Waals surface area contributed by atoms with E-state index in [0.29, 0.717) is 18.6 Å². The van der Waals surface area contributed by atoms with Crippen LogP contribution >= 0.6 is 0 Å². The third-order valence-corrected chi connectivity index (χ3v) is 5.63. The van der Waals surface area contributed by atoms with Gasteiger partial charge in [-0.15, -0.1) is 6.42 Å². The molecule has 3 rings (SSSR count). The Kier molecular flexibility index (Phi) is 6.74. The lowest BCUT2D eigenvalue weighted by atomic mass is 9.93. The largest absolute Gasteiger partial charge is 0.490 e. The summed E-state index contributed by atoms with van der Waals surface area (Å²) in [6.07, 6.45) is 10.4. The van der Waals surface area contributed by atoms with Gasteiger partial charge in [0, 0.05) is 6.04 Å². The summed E-state index contributed by atoms with van der Waals surface area (Å²) >= 11 is 0. The van der Waals surface area contributed by atoms with Gasteiger partial charge >= 0.3 is 5.97 Å². The monoisotopic (exact) mass is 395 g/mol. The molecule has 1 amide bonds. The standard InChI is InChI=1S/C22H25N3O4/c1-2-17-7-8-18(13-23)25(17)21(26)14-24-16-5-11-20(12-6-16)29-19-9-3-15(4-10-19)22(27)28/h1,3-4,9-10,16-18,20,24H,5-8,11-12,14H2,(H,27,28)/t16?,17-,18+,20?/m1/s1. The summed E-state index contributed by atoms with van der Waals surface area (Å²) in [5.74, 6) is 2.20. The number of ether oxygens (including phenoxy) is 1. The zero-order chi connectivity index (χ0) is 20.8. The number of amides is 1. The number of carboxylic acid groups (broad SMARTS) is 1. The molecular formula is C22H25N3O4. The molecule has 0 unspecified atom stereocenters. The summed E-state index contributed by atoms with van der Waals surface area (Å²) in [4.78, 5) is 25.0. The van der Waals surface area contributed by atoms with Crippen molar-refractivity contribution in [2.75, 3.05) is 6.54 Å². The van der Waals surface area contributed by atoms with Crippen LogP contribution in [0.2, 0.25) is 0 Å². The van der Waals surface area contributed by atoms with Gasteiger partial charge in [-0.3, -0.25) is 4.79 Å². The first-order valence-electron chi connectivity index (χ1n) is 9.92. The average Bonchev–Trinajstić information content (AvgIpc) is 3.16. The minimum absolute atomic E-state index is 0.0757. The number of aromatic carboxylic acids is 1. The first kappa shape index (κ1) is 20.7. The van der Waals surface area contributed by atoms with E-state index in [0.717, 1.165) is 25.7 Å². The fourth-order valence-electron chi connectivity index (χ4n) is 4.03. The highest BCUT2D eigenvalue weighted by Crippen LogP contribution is 2.25. The minimum atomic E-state index is -0.957. The van der Waals surface area contributed by atoms with Crippen LogP contribution in [-0.2, 0) is 4.79 Å². The highest BCUT2D eigenvalue weighted by atomic mass is 16.5. The van der Waals surface area contributed by atoms with Gasteiger partial charge in [0.25, 0.3) is 0 Å². The van der Waals surface area contributed by atoms with Crippen molar-refractivity contribution in [2.45, 2.75) is 62.8 Å². The van der Waals surface area contributed by atoms with Gasteiger partial charge in [-0.2, -0.15) is 5.26 Å². The van der Waals surface area contributed by atoms with Crippen LogP contribution in [0.5, 0.6) is 5.75 Å². The smallest absolute Gasteiger partial charge is 0.335 e. The van der Waals surface area contributed by atoms with Crippen LogP contribution in [0.15, 0.2) is 24.3 Å². The van der Waals surface area contributed by atoms with Gasteiger partial charge in [0.05, 0.1) is 30.3 Å². The fourth-order valence-corrected chi connectivity index (χ4v) is 4.03. The molecule has 1 aliphatic heterocycles. The Morgan fingerprint density at radius 3 is 2.38 bits per heavy atom. The van der Waals surface area contributed by atoms with E-state index in [4.69, 9.17) is 16.3 Å². The number of carboxylic acids is 1. The first-order valence-corrected chi connectivity index (χ1v) is 9.92. The van der Waals surface area contributed by atoms with Crippen molar-refractivity contribution >= 4 is 11.9 Å². The molecule has 1 aromatic carbocycles. The third kappa shape index (κ3) is 5.07. The Hall–Kier alpha value is -3.03. The number of nitrogens with one attached hydrogen (secondary N) is 1. The Morgan fingerprint density at radius 1 is 1.14 bits per heavy atom. The number of carbonyl (C=O) groups excluding carboxylic acids is 1. The number of nitriles is 1. The van der Waals surface area contributed by atoms with Crippen LogP contribution in [0.3, 0.4) is 0 Å². The number of carbonyl (C=O) groups is 2. The van der Waals surface area contributed by atoms with Crippen molar-refractivity contribution in [3.63, 3.8) is 0 Å². The summed E-state index contributed by atoms with van der Waals surface area (Å²) in [5.41, 5.74) is 0.235. The molecule has 1 saturated carbocycles. The Morgan fingerprint density at radius 2 is 1.79 bits per heavy atom. The molecule has 1 saturated heterocycles. The van der Waals surface area contributed by atoms with Crippen molar-refractivity contribution in [1.29, 1.82) is 5.26 Å². The van der Waals surface area contributed by atoms with Gasteiger partial charge < -0.3 is 20.1 Å². The molecule has 0 spiro atoms. The molecule has 2 atom stereocenters. The molecule has 152 valence electrons. The maximum atomic E-state index is 12.6. The SMILES string of the molecule is C#C[C@@H]1CC[C@@H](C#N)N1C(=O)CNC1CCC(Oc2ccc(C(=O)O)cc2)CC1. The molecule has 1 aromatic rings. The Labute approximate surface area is 170 Å². The fraction of sp³-hybridized carbons (Fsp3) is 0.500. The molecule has 1 heterocycles. The van der Waals surface area contributed by atoms with Crippen LogP contribution in [-0.4, -0.2) is 52.7 Å². The second kappa shape index (κ2) is 9.45. The van der Waals surface area contributed by atoms with E-state index in [9.17, 15) is 14.9 Å². The van der Waals surface area contributed by atoms with Crippen LogP contribution in [0, 0.1) is 23.7 Å². The van der Waals surface area contributed by atoms with Gasteiger partial charge in [-0.1, -0.05) is 5.92 Å². The molecule has 2 N–H and O–H groups in total. The van der Waals surface area contributed by atoms with Crippen molar-refractivity contribution in [1.82, 2.24) is 10.2 Å². The van der Waals surface area contributed by atoms with Crippen LogP contribution in [0.1, 0.15) is 48.9 Å². The summed E-state index contributed by atoms with van der Waals surface area (Å²) in [5, 5.41) is 21.5. The number of likely N-dealkylation sites (tertiary alicyclic amines) is 1. The Balaban J connectivity index is 1.43. The molecule has 1 aliphatic carbocycles. The molecule has 0 radical (unpaired) electrons. The van der Waals surface area contributed by atoms with Gasteiger partial charge in [0.2, 0.25) is 5.91 Å². The normalized spacial score (nSPS) is 26.3. The van der Waals surface area contributed by atoms with E-state index in [1.165, 1.54) is 12.1 Å². The third-order valence-electron chi connectivity index (χ3n) is 5.63. The van der Waals surface area contributed by atoms with E-state index >= 15 is 0 Å². The van der Waals surface area contributed by atoms with Gasteiger partial charge in [0.15, 0.2) is 0 Å². The lowest BCUT2D eigenvalue weighted by Crippen LogP contribution is -2.47. The predicted molar refractivity (Wildman–Crippen MR) is 106 cm³/mol. The first-order chi connectivity index (χ1) is 14.0. The van der Waals surface area contributed by atoms with Gasteiger partial charge in [-0.05, 0) is 62.8 Å². The molecule has 7 nitrogen and oxygen atoms in total. The molecule has 7 heteroatoms. The molecular weight excluding hydrogens is 370 g/mol. The number of rotatable bonds is 6. The molecule has 2 aliphatic rings. The second-order valence-electron chi connectivity index (χ2n) is 7.51. The molecule has 0 bridgehead atoms. The van der Waals surface area contributed by atoms with E-state index < -0.39 is 12.0 Å². The topological polar surface area (TPSA) is 103 Å². The average molecular weight is 395 g/mol. The number of terminal acetylenes is 1. The maximum Gasteiger partial charge on any atom is 0.335 e. The summed E-state index contributed by atoms with van der Waals surface area (Å²) in [7, 11) is 0.